The fourth-order valence-corrected chi connectivity index (χ4v) is 3.68. The average Bonchev–Trinajstić information content (AvgIpc) is 3.26. The highest BCUT2D eigenvalue weighted by molar-refractivity contribution is 7.12. The lowest BCUT2D eigenvalue weighted by Crippen LogP contribution is -2.09. The zero-order valence-corrected chi connectivity index (χ0v) is 15.0. The molecule has 7 heteroatoms. The summed E-state index contributed by atoms with van der Waals surface area (Å²) in [6.45, 7) is 0. The maximum Gasteiger partial charge on any atom is 0.303 e. The number of hydrogen-bond donors (Lipinski definition) is 2. The number of aromatic nitrogens is 1. The topological polar surface area (TPSA) is 94.6 Å². The molecule has 0 aliphatic rings. The van der Waals surface area contributed by atoms with E-state index in [2.05, 4.69) is 0 Å². The van der Waals surface area contributed by atoms with Gasteiger partial charge in [0.2, 0.25) is 5.91 Å². The predicted octanol–water partition coefficient (Wildman–Crippen LogP) is 3.33. The number of carbonyl (C=O) groups excluding carboxylic acids is 1. The van der Waals surface area contributed by atoms with E-state index in [1.807, 2.05) is 41.0 Å². The second-order valence-electron chi connectivity index (χ2n) is 5.71. The van der Waals surface area contributed by atoms with E-state index in [0.29, 0.717) is 12.0 Å². The molecule has 0 spiro atoms. The number of nitrogens with zero attached hydrogens (tertiary/aromatic N) is 1. The maximum absolute atomic E-state index is 11.4. The van der Waals surface area contributed by atoms with E-state index in [1.54, 1.807) is 18.6 Å². The van der Waals surface area contributed by atoms with Gasteiger partial charge in [0.25, 0.3) is 0 Å². The number of methoxy groups -OCH3 is 1. The number of hydrogen-bond acceptors (Lipinski definition) is 4. The molecule has 3 N–H and O–H groups in total. The lowest BCUT2D eigenvalue weighted by atomic mass is 10.1. The van der Waals surface area contributed by atoms with Crippen LogP contribution in [-0.2, 0) is 11.2 Å². The van der Waals surface area contributed by atoms with E-state index in [4.69, 9.17) is 15.6 Å². The number of benzene rings is 1. The summed E-state index contributed by atoms with van der Waals surface area (Å²) in [7, 11) is 1.61. The third kappa shape index (κ3) is 3.62. The van der Waals surface area contributed by atoms with Gasteiger partial charge in [-0.05, 0) is 54.4 Å². The summed E-state index contributed by atoms with van der Waals surface area (Å²) in [6, 6.07) is 13.2. The molecule has 3 aromatic rings. The molecule has 0 saturated heterocycles. The lowest BCUT2D eigenvalue weighted by molar-refractivity contribution is -0.136. The van der Waals surface area contributed by atoms with Crippen molar-refractivity contribution in [2.24, 2.45) is 5.73 Å². The molecule has 0 radical (unpaired) electrons. The van der Waals surface area contributed by atoms with Crippen molar-refractivity contribution in [3.8, 4) is 22.0 Å². The van der Waals surface area contributed by atoms with Gasteiger partial charge < -0.3 is 20.1 Å². The first-order valence-corrected chi connectivity index (χ1v) is 8.83. The van der Waals surface area contributed by atoms with Gasteiger partial charge in [-0.3, -0.25) is 9.59 Å². The summed E-state index contributed by atoms with van der Waals surface area (Å²) in [4.78, 5) is 22.4. The Morgan fingerprint density at radius 3 is 2.50 bits per heavy atom. The highest BCUT2D eigenvalue weighted by Crippen LogP contribution is 2.31. The van der Waals surface area contributed by atoms with Crippen molar-refractivity contribution >= 4 is 23.2 Å². The molecule has 0 bridgehead atoms. The summed E-state index contributed by atoms with van der Waals surface area (Å²) in [5.74, 6) is -0.587. The van der Waals surface area contributed by atoms with Crippen molar-refractivity contribution in [3.05, 3.63) is 59.1 Å². The molecular weight excluding hydrogens is 352 g/mol. The normalized spacial score (nSPS) is 10.7. The van der Waals surface area contributed by atoms with E-state index >= 15 is 0 Å². The van der Waals surface area contributed by atoms with Crippen LogP contribution in [0, 0.1) is 0 Å². The fraction of sp³-hybridized carbons (Fsp3) is 0.158. The van der Waals surface area contributed by atoms with Crippen molar-refractivity contribution < 1.29 is 19.4 Å². The molecule has 6 nitrogen and oxygen atoms in total. The molecule has 0 atom stereocenters. The molecule has 0 unspecified atom stereocenters. The maximum atomic E-state index is 11.4. The quantitative estimate of drug-likeness (QED) is 0.667. The van der Waals surface area contributed by atoms with Crippen LogP contribution in [0.4, 0.5) is 0 Å². The minimum atomic E-state index is -0.854. The molecule has 26 heavy (non-hydrogen) atoms. The summed E-state index contributed by atoms with van der Waals surface area (Å²) in [6.07, 6.45) is 0.412. The standard InChI is InChI=1S/C19H18N2O4S/c1-25-15-6-2-12(3-7-15)16-8-4-14(5-9-18(22)23)21(16)17-10-13(11-26-17)19(20)24/h2-4,6-8,10-11H,5,9H2,1H3,(H2,20,24)(H,22,23). The number of amides is 1. The van der Waals surface area contributed by atoms with Gasteiger partial charge in [0.1, 0.15) is 10.8 Å². The van der Waals surface area contributed by atoms with Crippen LogP contribution in [0.25, 0.3) is 16.3 Å². The molecular formula is C19H18N2O4S. The van der Waals surface area contributed by atoms with Crippen molar-refractivity contribution in [2.75, 3.05) is 7.11 Å². The number of rotatable bonds is 7. The van der Waals surface area contributed by atoms with Gasteiger partial charge in [0.05, 0.1) is 24.8 Å². The first kappa shape index (κ1) is 17.8. The van der Waals surface area contributed by atoms with Gasteiger partial charge in [0, 0.05) is 11.1 Å². The predicted molar refractivity (Wildman–Crippen MR) is 100 cm³/mol. The SMILES string of the molecule is COc1ccc(-c2ccc(CCC(=O)O)n2-c2cc(C(N)=O)cs2)cc1. The Bertz CT molecular complexity index is 941. The van der Waals surface area contributed by atoms with E-state index in [-0.39, 0.29) is 6.42 Å². The van der Waals surface area contributed by atoms with E-state index in [9.17, 15) is 9.59 Å². The summed E-state index contributed by atoms with van der Waals surface area (Å²) in [5, 5.41) is 11.5. The molecule has 3 rings (SSSR count). The number of carboxylic acids is 1. The minimum absolute atomic E-state index is 0.0279. The Labute approximate surface area is 154 Å². The lowest BCUT2D eigenvalue weighted by Gasteiger charge is -2.12. The fourth-order valence-electron chi connectivity index (χ4n) is 2.73. The van der Waals surface area contributed by atoms with Gasteiger partial charge in [-0.2, -0.15) is 0 Å². The van der Waals surface area contributed by atoms with Crippen LogP contribution in [0.3, 0.4) is 0 Å². The highest BCUT2D eigenvalue weighted by atomic mass is 32.1. The van der Waals surface area contributed by atoms with E-state index < -0.39 is 11.9 Å². The second kappa shape index (κ2) is 7.45. The molecule has 2 heterocycles. The molecule has 2 aromatic heterocycles. The van der Waals surface area contributed by atoms with Crippen LogP contribution in [0.15, 0.2) is 47.8 Å². The molecule has 0 fully saturated rings. The van der Waals surface area contributed by atoms with Gasteiger partial charge in [0.15, 0.2) is 0 Å². The molecule has 1 aromatic carbocycles. The zero-order valence-electron chi connectivity index (χ0n) is 14.1. The number of ether oxygens (including phenoxy) is 1. The number of thiophene rings is 1. The van der Waals surface area contributed by atoms with Crippen molar-refractivity contribution in [3.63, 3.8) is 0 Å². The molecule has 0 saturated carbocycles. The minimum Gasteiger partial charge on any atom is -0.497 e. The van der Waals surface area contributed by atoms with E-state index in [0.717, 1.165) is 27.7 Å². The summed E-state index contributed by atoms with van der Waals surface area (Å²) in [5.41, 5.74) is 8.52. The Hall–Kier alpha value is -3.06. The van der Waals surface area contributed by atoms with Crippen molar-refractivity contribution in [1.29, 1.82) is 0 Å². The third-order valence-corrected chi connectivity index (χ3v) is 4.95. The van der Waals surface area contributed by atoms with Crippen molar-refractivity contribution in [2.45, 2.75) is 12.8 Å². The number of carbonyl (C=O) groups is 2. The van der Waals surface area contributed by atoms with Crippen LogP contribution >= 0.6 is 11.3 Å². The zero-order chi connectivity index (χ0) is 18.7. The highest BCUT2D eigenvalue weighted by Gasteiger charge is 2.16. The average molecular weight is 370 g/mol. The smallest absolute Gasteiger partial charge is 0.303 e. The Kier molecular flexibility index (Phi) is 5.09. The summed E-state index contributed by atoms with van der Waals surface area (Å²) < 4.78 is 7.17. The third-order valence-electron chi connectivity index (χ3n) is 4.03. The summed E-state index contributed by atoms with van der Waals surface area (Å²) >= 11 is 1.39. The second-order valence-corrected chi connectivity index (χ2v) is 6.60. The molecule has 134 valence electrons. The van der Waals surface area contributed by atoms with Crippen LogP contribution in [0.2, 0.25) is 0 Å². The Morgan fingerprint density at radius 1 is 1.19 bits per heavy atom. The number of nitrogens with two attached hydrogens (primary N) is 1. The van der Waals surface area contributed by atoms with Crippen molar-refractivity contribution in [1.82, 2.24) is 4.57 Å². The van der Waals surface area contributed by atoms with Gasteiger partial charge in [-0.25, -0.2) is 0 Å². The largest absolute Gasteiger partial charge is 0.497 e. The van der Waals surface area contributed by atoms with Crippen LogP contribution < -0.4 is 10.5 Å². The van der Waals surface area contributed by atoms with Crippen LogP contribution in [0.1, 0.15) is 22.5 Å². The van der Waals surface area contributed by atoms with Gasteiger partial charge >= 0.3 is 5.97 Å². The van der Waals surface area contributed by atoms with Gasteiger partial charge in [-0.1, -0.05) is 0 Å². The number of aliphatic carboxylic acids is 1. The number of carboxylic acid groups (broad SMARTS) is 1. The van der Waals surface area contributed by atoms with Crippen LogP contribution in [0.5, 0.6) is 5.75 Å². The Morgan fingerprint density at radius 2 is 1.92 bits per heavy atom. The molecule has 0 aliphatic carbocycles. The monoisotopic (exact) mass is 370 g/mol. The molecule has 0 aliphatic heterocycles. The Balaban J connectivity index is 2.08. The first-order valence-electron chi connectivity index (χ1n) is 7.95. The number of primary amides is 1. The van der Waals surface area contributed by atoms with E-state index in [1.165, 1.54) is 11.3 Å². The van der Waals surface area contributed by atoms with Crippen LogP contribution in [-0.4, -0.2) is 28.7 Å². The first-order chi connectivity index (χ1) is 12.5. The number of aryl methyl sites for hydroxylation is 1. The van der Waals surface area contributed by atoms with Gasteiger partial charge in [-0.15, -0.1) is 11.3 Å². The molecule has 1 amide bonds.